The Bertz CT molecular complexity index is 2170. The molecule has 92 heavy (non-hydrogen) atoms. The summed E-state index contributed by atoms with van der Waals surface area (Å²) in [7, 11) is 0. The van der Waals surface area contributed by atoms with Crippen molar-refractivity contribution in [3.05, 3.63) is 24.8 Å². The van der Waals surface area contributed by atoms with Gasteiger partial charge in [0.25, 0.3) is 0 Å². The van der Waals surface area contributed by atoms with Crippen LogP contribution >= 0.6 is 0 Å². The molecule has 1 aliphatic heterocycles. The van der Waals surface area contributed by atoms with Crippen LogP contribution < -0.4 is 0 Å². The molecule has 0 radical (unpaired) electrons. The molecule has 8 nitrogen and oxygen atoms in total. The summed E-state index contributed by atoms with van der Waals surface area (Å²) in [6, 6.07) is 0. The fraction of sp³-hybridized carbons (Fsp3) is 0.905. The van der Waals surface area contributed by atoms with Crippen LogP contribution in [0.5, 0.6) is 0 Å². The molecule has 7 aliphatic rings. The Morgan fingerprint density at radius 3 is 1.88 bits per heavy atom. The van der Waals surface area contributed by atoms with E-state index in [4.69, 9.17) is 18.9 Å². The standard InChI is InChI=1S/C84H144O8/c1-10-16-18-19-24-29-38-68-48-47-67(37-30-25-20-22-27-32-41-78(85)84(15-6,53-17-11-2)91-62-71-55-65-44-43-64(45-46-69(71)54-65)60-90-81(88)63(7)8)72-39-31-26-21-23-28-33-42-80(87)92-82(9,50-34-35-51-83(14-5,49-12-3)52-36-40-73(68)72)77-59-70-58-76(77)75-57-66(56-74(70)75)61-89-79(86)13-4/h13,64-77H,4,7,10-12,14-62H2,1-3,5-6,8-9H3. The third-order valence-corrected chi connectivity index (χ3v) is 27.0. The molecular formula is C84H144O8. The summed E-state index contributed by atoms with van der Waals surface area (Å²) in [4.78, 5) is 52.6. The second-order valence-corrected chi connectivity index (χ2v) is 33.2. The van der Waals surface area contributed by atoms with E-state index < -0.39 is 11.2 Å². The molecule has 0 amide bonds. The fourth-order valence-corrected chi connectivity index (χ4v) is 21.5. The van der Waals surface area contributed by atoms with Crippen molar-refractivity contribution in [2.24, 2.45) is 88.3 Å². The predicted molar refractivity (Wildman–Crippen MR) is 381 cm³/mol. The highest BCUT2D eigenvalue weighted by atomic mass is 16.6. The van der Waals surface area contributed by atoms with E-state index in [1.165, 1.54) is 224 Å². The van der Waals surface area contributed by atoms with Crippen LogP contribution in [0.15, 0.2) is 24.8 Å². The van der Waals surface area contributed by atoms with Gasteiger partial charge in [0.05, 0.1) is 19.8 Å². The summed E-state index contributed by atoms with van der Waals surface area (Å²) >= 11 is 0. The molecule has 528 valence electrons. The predicted octanol–water partition coefficient (Wildman–Crippen LogP) is 23.4. The molecule has 8 heteroatoms. The Kier molecular flexibility index (Phi) is 33.8. The van der Waals surface area contributed by atoms with Crippen molar-refractivity contribution in [1.82, 2.24) is 0 Å². The highest BCUT2D eigenvalue weighted by molar-refractivity contribution is 5.87. The SMILES string of the molecule is C=CC(=O)OCC1CC2C3CC(C2C1)C(C1(C)CCCCC(CC)(CCC)CCCC2C(CCCCCCCC)CCC(CCCCCCCCC(=O)C(CC)(CCCC)OCC4CC5CCC(COC(=O)C(=C)C)CCC4C5)C2CCCCCCCCC(=O)O1)C3. The Morgan fingerprint density at radius 2 is 1.20 bits per heavy atom. The number of hydrogen-bond acceptors (Lipinski definition) is 8. The van der Waals surface area contributed by atoms with Gasteiger partial charge in [0, 0.05) is 30.4 Å². The molecule has 0 aromatic heterocycles. The van der Waals surface area contributed by atoms with Crippen molar-refractivity contribution in [2.45, 2.75) is 374 Å². The van der Waals surface area contributed by atoms with Gasteiger partial charge < -0.3 is 18.9 Å². The average molecular weight is 1280 g/mol. The second-order valence-electron chi connectivity index (χ2n) is 33.2. The highest BCUT2D eigenvalue weighted by Gasteiger charge is 2.60. The molecule has 4 bridgehead atoms. The van der Waals surface area contributed by atoms with Gasteiger partial charge in [-0.3, -0.25) is 9.59 Å². The summed E-state index contributed by atoms with van der Waals surface area (Å²) < 4.78 is 25.1. The quantitative estimate of drug-likeness (QED) is 0.0272. The van der Waals surface area contributed by atoms with Crippen LogP contribution in [-0.2, 0) is 38.1 Å². The average Bonchev–Trinajstić information content (AvgIpc) is 1.57. The van der Waals surface area contributed by atoms with Gasteiger partial charge in [-0.2, -0.15) is 0 Å². The molecule has 1 heterocycles. The second kappa shape index (κ2) is 40.4. The monoisotopic (exact) mass is 1280 g/mol. The van der Waals surface area contributed by atoms with Gasteiger partial charge in [-0.1, -0.05) is 208 Å². The molecular weight excluding hydrogens is 1140 g/mol. The van der Waals surface area contributed by atoms with Crippen molar-refractivity contribution < 1.29 is 38.1 Å². The number of hydrogen-bond donors (Lipinski definition) is 0. The van der Waals surface area contributed by atoms with Crippen molar-refractivity contribution >= 4 is 23.7 Å². The van der Waals surface area contributed by atoms with Gasteiger partial charge in [-0.05, 0) is 237 Å². The number of Topliss-reactive ketones (excluding diaryl/α,β-unsaturated/α-hetero) is 1. The largest absolute Gasteiger partial charge is 0.462 e. The van der Waals surface area contributed by atoms with E-state index in [9.17, 15) is 19.2 Å². The van der Waals surface area contributed by atoms with E-state index in [1.54, 1.807) is 6.92 Å². The molecule has 7 rings (SSSR count). The summed E-state index contributed by atoms with van der Waals surface area (Å²) in [6.45, 7) is 25.0. The van der Waals surface area contributed by atoms with E-state index >= 15 is 0 Å². The number of esters is 3. The van der Waals surface area contributed by atoms with E-state index in [1.807, 2.05) is 0 Å². The molecule has 6 saturated carbocycles. The Morgan fingerprint density at radius 1 is 0.565 bits per heavy atom. The van der Waals surface area contributed by atoms with Crippen LogP contribution in [-0.4, -0.2) is 54.7 Å². The lowest BCUT2D eigenvalue weighted by atomic mass is 9.60. The molecule has 17 atom stereocenters. The van der Waals surface area contributed by atoms with E-state index in [2.05, 4.69) is 54.7 Å². The normalized spacial score (nSPS) is 34.1. The third-order valence-electron chi connectivity index (χ3n) is 27.0. The summed E-state index contributed by atoms with van der Waals surface area (Å²) in [5.74, 6) is 9.23. The highest BCUT2D eigenvalue weighted by Crippen LogP contribution is 2.65. The van der Waals surface area contributed by atoms with Crippen LogP contribution in [0.25, 0.3) is 0 Å². The Balaban J connectivity index is 0.924. The first-order chi connectivity index (χ1) is 44.6. The van der Waals surface area contributed by atoms with Gasteiger partial charge in [-0.25, -0.2) is 9.59 Å². The lowest BCUT2D eigenvalue weighted by molar-refractivity contribution is -0.169. The maximum Gasteiger partial charge on any atom is 0.333 e. The van der Waals surface area contributed by atoms with Crippen LogP contribution in [0, 0.1) is 88.3 Å². The number of carbonyl (C=O) groups is 4. The zero-order valence-corrected chi connectivity index (χ0v) is 61.1. The number of ether oxygens (including phenoxy) is 4. The lowest BCUT2D eigenvalue weighted by Crippen LogP contribution is -2.45. The smallest absolute Gasteiger partial charge is 0.333 e. The first kappa shape index (κ1) is 76.9. The topological polar surface area (TPSA) is 105 Å². The zero-order valence-electron chi connectivity index (χ0n) is 61.1. The zero-order chi connectivity index (χ0) is 65.8. The maximum atomic E-state index is 14.4. The number of ketones is 1. The van der Waals surface area contributed by atoms with E-state index in [0.717, 1.165) is 113 Å². The molecule has 0 aromatic rings. The fourth-order valence-electron chi connectivity index (χ4n) is 21.5. The maximum absolute atomic E-state index is 14.4. The minimum absolute atomic E-state index is 0.0489. The van der Waals surface area contributed by atoms with Gasteiger partial charge in [-0.15, -0.1) is 0 Å². The van der Waals surface area contributed by atoms with Gasteiger partial charge >= 0.3 is 17.9 Å². The molecule has 0 aromatic carbocycles. The molecule has 6 aliphatic carbocycles. The number of cyclic esters (lactones) is 1. The molecule has 17 unspecified atom stereocenters. The van der Waals surface area contributed by atoms with Crippen LogP contribution in [0.4, 0.5) is 0 Å². The molecule has 0 spiro atoms. The molecule has 1 saturated heterocycles. The van der Waals surface area contributed by atoms with Gasteiger partial charge in [0.15, 0.2) is 5.78 Å². The molecule has 7 fully saturated rings. The summed E-state index contributed by atoms with van der Waals surface area (Å²) in [6.07, 6.45) is 61.0. The summed E-state index contributed by atoms with van der Waals surface area (Å²) in [5.41, 5.74) is -0.176. The lowest BCUT2D eigenvalue weighted by Gasteiger charge is -2.45. The van der Waals surface area contributed by atoms with Crippen LogP contribution in [0.3, 0.4) is 0 Å². The van der Waals surface area contributed by atoms with Gasteiger partial charge in [0.2, 0.25) is 0 Å². The van der Waals surface area contributed by atoms with Crippen molar-refractivity contribution in [3.63, 3.8) is 0 Å². The van der Waals surface area contributed by atoms with Crippen LogP contribution in [0.2, 0.25) is 0 Å². The Hall–Kier alpha value is -2.48. The number of carbonyl (C=O) groups excluding carboxylic acids is 4. The molecule has 0 N–H and O–H groups in total. The van der Waals surface area contributed by atoms with Crippen LogP contribution in [0.1, 0.15) is 363 Å². The van der Waals surface area contributed by atoms with Crippen molar-refractivity contribution in [1.29, 1.82) is 0 Å². The van der Waals surface area contributed by atoms with E-state index in [-0.39, 0.29) is 17.9 Å². The Labute approximate surface area is 566 Å². The first-order valence-corrected chi connectivity index (χ1v) is 40.6. The van der Waals surface area contributed by atoms with E-state index in [0.29, 0.717) is 103 Å². The number of fused-ring (bicyclic) bond motifs is 8. The van der Waals surface area contributed by atoms with Gasteiger partial charge in [0.1, 0.15) is 11.2 Å². The minimum atomic E-state index is -0.643. The summed E-state index contributed by atoms with van der Waals surface area (Å²) in [5, 5.41) is 0. The third kappa shape index (κ3) is 23.1. The van der Waals surface area contributed by atoms with Crippen molar-refractivity contribution in [3.8, 4) is 0 Å². The minimum Gasteiger partial charge on any atom is -0.462 e. The van der Waals surface area contributed by atoms with Crippen molar-refractivity contribution in [2.75, 3.05) is 19.8 Å². The number of rotatable bonds is 34. The number of unbranched alkanes of at least 4 members (excludes halogenated alkanes) is 11. The first-order valence-electron chi connectivity index (χ1n) is 40.6.